The lowest BCUT2D eigenvalue weighted by atomic mass is 10.0. The minimum absolute atomic E-state index is 0.107. The van der Waals surface area contributed by atoms with Crippen LogP contribution < -0.4 is 10.6 Å². The molecule has 5 heteroatoms. The highest BCUT2D eigenvalue weighted by molar-refractivity contribution is 5.82. The van der Waals surface area contributed by atoms with Crippen LogP contribution in [-0.2, 0) is 9.53 Å². The summed E-state index contributed by atoms with van der Waals surface area (Å²) in [5.74, 6) is 0.123. The average Bonchev–Trinajstić information content (AvgIpc) is 2.46. The van der Waals surface area contributed by atoms with Crippen molar-refractivity contribution < 1.29 is 9.53 Å². The highest BCUT2D eigenvalue weighted by atomic mass is 16.5. The van der Waals surface area contributed by atoms with Gasteiger partial charge in [-0.3, -0.25) is 9.69 Å². The molecule has 19 heavy (non-hydrogen) atoms. The van der Waals surface area contributed by atoms with Gasteiger partial charge in [0.15, 0.2) is 0 Å². The van der Waals surface area contributed by atoms with Crippen molar-refractivity contribution in [3.8, 4) is 0 Å². The number of carbonyl (C=O) groups is 1. The first-order valence-electron chi connectivity index (χ1n) is 7.64. The third-order valence-corrected chi connectivity index (χ3v) is 3.96. The van der Waals surface area contributed by atoms with Gasteiger partial charge in [0, 0.05) is 25.7 Å². The molecule has 0 aromatic carbocycles. The second kappa shape index (κ2) is 7.82. The van der Waals surface area contributed by atoms with Crippen molar-refractivity contribution in [3.63, 3.8) is 0 Å². The molecule has 2 atom stereocenters. The van der Waals surface area contributed by atoms with E-state index in [2.05, 4.69) is 22.5 Å². The summed E-state index contributed by atoms with van der Waals surface area (Å²) < 4.78 is 5.48. The van der Waals surface area contributed by atoms with E-state index in [0.29, 0.717) is 12.6 Å². The summed E-state index contributed by atoms with van der Waals surface area (Å²) in [5, 5.41) is 6.54. The van der Waals surface area contributed by atoms with E-state index in [4.69, 9.17) is 4.74 Å². The molecule has 2 saturated heterocycles. The molecular weight excluding hydrogens is 242 g/mol. The number of morpholine rings is 1. The van der Waals surface area contributed by atoms with Gasteiger partial charge in [0.1, 0.15) is 6.04 Å². The van der Waals surface area contributed by atoms with Crippen molar-refractivity contribution >= 4 is 5.91 Å². The smallest absolute Gasteiger partial charge is 0.239 e. The Balaban J connectivity index is 1.85. The Morgan fingerprint density at radius 1 is 1.47 bits per heavy atom. The number of ether oxygens (including phenoxy) is 1. The van der Waals surface area contributed by atoms with E-state index in [9.17, 15) is 4.79 Å². The average molecular weight is 269 g/mol. The number of piperidine rings is 1. The van der Waals surface area contributed by atoms with Gasteiger partial charge in [-0.25, -0.2) is 0 Å². The molecule has 0 bridgehead atoms. The van der Waals surface area contributed by atoms with Gasteiger partial charge < -0.3 is 15.4 Å². The minimum Gasteiger partial charge on any atom is -0.378 e. The van der Waals surface area contributed by atoms with E-state index >= 15 is 0 Å². The van der Waals surface area contributed by atoms with Crippen LogP contribution in [0.4, 0.5) is 0 Å². The maximum absolute atomic E-state index is 12.2. The lowest BCUT2D eigenvalue weighted by Gasteiger charge is -2.37. The fraction of sp³-hybridized carbons (Fsp3) is 0.929. The van der Waals surface area contributed by atoms with Gasteiger partial charge in [0.25, 0.3) is 0 Å². The van der Waals surface area contributed by atoms with Gasteiger partial charge in [-0.1, -0.05) is 13.3 Å². The Labute approximate surface area is 116 Å². The molecular formula is C14H27N3O2. The zero-order chi connectivity index (χ0) is 13.5. The topological polar surface area (TPSA) is 53.6 Å². The van der Waals surface area contributed by atoms with Crippen molar-refractivity contribution in [2.24, 2.45) is 0 Å². The number of rotatable bonds is 5. The molecule has 0 aliphatic carbocycles. The molecule has 2 fully saturated rings. The summed E-state index contributed by atoms with van der Waals surface area (Å²) in [6, 6.07) is 0.428. The van der Waals surface area contributed by atoms with Crippen LogP contribution in [-0.4, -0.2) is 62.3 Å². The number of nitrogens with one attached hydrogen (secondary N) is 2. The van der Waals surface area contributed by atoms with E-state index < -0.39 is 0 Å². The molecule has 0 aromatic heterocycles. The second-order valence-corrected chi connectivity index (χ2v) is 5.52. The van der Waals surface area contributed by atoms with Gasteiger partial charge in [-0.15, -0.1) is 0 Å². The van der Waals surface area contributed by atoms with Gasteiger partial charge in [-0.05, 0) is 25.8 Å². The largest absolute Gasteiger partial charge is 0.378 e. The molecule has 0 saturated carbocycles. The van der Waals surface area contributed by atoms with Crippen molar-refractivity contribution in [2.75, 3.05) is 39.4 Å². The van der Waals surface area contributed by atoms with Crippen molar-refractivity contribution in [1.29, 1.82) is 0 Å². The molecule has 2 heterocycles. The van der Waals surface area contributed by atoms with Crippen LogP contribution in [0.1, 0.15) is 32.6 Å². The third-order valence-electron chi connectivity index (χ3n) is 3.96. The van der Waals surface area contributed by atoms with Crippen molar-refractivity contribution in [1.82, 2.24) is 15.5 Å². The first-order chi connectivity index (χ1) is 9.31. The Bertz CT molecular complexity index is 280. The monoisotopic (exact) mass is 269 g/mol. The molecule has 2 rings (SSSR count). The predicted molar refractivity (Wildman–Crippen MR) is 75.1 cm³/mol. The van der Waals surface area contributed by atoms with Gasteiger partial charge in [0.05, 0.1) is 13.2 Å². The van der Waals surface area contributed by atoms with E-state index in [0.717, 1.165) is 39.2 Å². The second-order valence-electron chi connectivity index (χ2n) is 5.52. The third kappa shape index (κ3) is 4.44. The van der Waals surface area contributed by atoms with Crippen LogP contribution in [0.2, 0.25) is 0 Å². The molecule has 1 amide bonds. The Kier molecular flexibility index (Phi) is 6.07. The zero-order valence-electron chi connectivity index (χ0n) is 12.0. The molecule has 2 aliphatic heterocycles. The summed E-state index contributed by atoms with van der Waals surface area (Å²) in [6.07, 6.45) is 4.78. The minimum atomic E-state index is -0.107. The molecule has 0 radical (unpaired) electrons. The maximum atomic E-state index is 12.2. The van der Waals surface area contributed by atoms with Gasteiger partial charge >= 0.3 is 0 Å². The lowest BCUT2D eigenvalue weighted by Crippen LogP contribution is -2.57. The van der Waals surface area contributed by atoms with Crippen molar-refractivity contribution in [2.45, 2.75) is 44.7 Å². The summed E-state index contributed by atoms with van der Waals surface area (Å²) in [6.45, 7) is 7.04. The maximum Gasteiger partial charge on any atom is 0.239 e. The molecule has 2 N–H and O–H groups in total. The molecule has 0 aromatic rings. The molecule has 0 spiro atoms. The van der Waals surface area contributed by atoms with Gasteiger partial charge in [-0.2, -0.15) is 0 Å². The normalized spacial score (nSPS) is 29.1. The first kappa shape index (κ1) is 14.8. The zero-order valence-corrected chi connectivity index (χ0v) is 12.0. The standard InChI is InChI=1S/C14H27N3O2/c1-2-6-16-14(18)13-11-19-9-8-17(13)10-12-5-3-4-7-15-12/h12-13,15H,2-11H2,1H3,(H,16,18). The summed E-state index contributed by atoms with van der Waals surface area (Å²) >= 11 is 0. The molecule has 2 unspecified atom stereocenters. The Morgan fingerprint density at radius 3 is 3.11 bits per heavy atom. The number of nitrogens with zero attached hydrogens (tertiary/aromatic N) is 1. The summed E-state index contributed by atoms with van der Waals surface area (Å²) in [7, 11) is 0. The van der Waals surface area contributed by atoms with Gasteiger partial charge in [0.2, 0.25) is 5.91 Å². The predicted octanol–water partition coefficient (Wildman–Crippen LogP) is 0.356. The van der Waals surface area contributed by atoms with Crippen LogP contribution in [0.3, 0.4) is 0 Å². The number of carbonyl (C=O) groups excluding carboxylic acids is 1. The van der Waals surface area contributed by atoms with Crippen LogP contribution >= 0.6 is 0 Å². The van der Waals surface area contributed by atoms with Crippen LogP contribution in [0.25, 0.3) is 0 Å². The molecule has 2 aliphatic rings. The lowest BCUT2D eigenvalue weighted by molar-refractivity contribution is -0.132. The quantitative estimate of drug-likeness (QED) is 0.756. The Morgan fingerprint density at radius 2 is 2.37 bits per heavy atom. The highest BCUT2D eigenvalue weighted by Gasteiger charge is 2.30. The van der Waals surface area contributed by atoms with E-state index in [1.807, 2.05) is 0 Å². The van der Waals surface area contributed by atoms with Crippen LogP contribution in [0.5, 0.6) is 0 Å². The number of hydrogen-bond donors (Lipinski definition) is 2. The molecule has 5 nitrogen and oxygen atoms in total. The van der Waals surface area contributed by atoms with Crippen LogP contribution in [0.15, 0.2) is 0 Å². The highest BCUT2D eigenvalue weighted by Crippen LogP contribution is 2.13. The fourth-order valence-electron chi connectivity index (χ4n) is 2.83. The fourth-order valence-corrected chi connectivity index (χ4v) is 2.83. The van der Waals surface area contributed by atoms with E-state index in [-0.39, 0.29) is 11.9 Å². The number of hydrogen-bond acceptors (Lipinski definition) is 4. The summed E-state index contributed by atoms with van der Waals surface area (Å²) in [4.78, 5) is 14.4. The number of amides is 1. The first-order valence-corrected chi connectivity index (χ1v) is 7.64. The van der Waals surface area contributed by atoms with E-state index in [1.54, 1.807) is 0 Å². The Hall–Kier alpha value is -0.650. The SMILES string of the molecule is CCCNC(=O)C1COCCN1CC1CCCCN1. The molecule has 110 valence electrons. The van der Waals surface area contributed by atoms with Crippen molar-refractivity contribution in [3.05, 3.63) is 0 Å². The van der Waals surface area contributed by atoms with Crippen LogP contribution in [0, 0.1) is 0 Å². The summed E-state index contributed by atoms with van der Waals surface area (Å²) in [5.41, 5.74) is 0. The van der Waals surface area contributed by atoms with E-state index in [1.165, 1.54) is 19.3 Å².